The second-order valence-corrected chi connectivity index (χ2v) is 4.84. The Kier molecular flexibility index (Phi) is 4.62. The Balaban J connectivity index is 2.81. The van der Waals surface area contributed by atoms with E-state index in [1.54, 1.807) is 26.1 Å². The molecular formula is C11H13BrN2O3. The second kappa shape index (κ2) is 5.77. The number of carbonyl (C=O) groups excluding carboxylic acids is 1. The molecule has 0 saturated carbocycles. The van der Waals surface area contributed by atoms with Crippen LogP contribution < -0.4 is 5.32 Å². The molecule has 0 fully saturated rings. The van der Waals surface area contributed by atoms with Crippen molar-refractivity contribution in [3.8, 4) is 0 Å². The molecule has 1 aromatic rings. The Morgan fingerprint density at radius 1 is 1.41 bits per heavy atom. The minimum atomic E-state index is -1.05. The molecule has 92 valence electrons. The van der Waals surface area contributed by atoms with Crippen LogP contribution in [0.15, 0.2) is 22.9 Å². The molecule has 1 amide bonds. The van der Waals surface area contributed by atoms with Crippen LogP contribution in [0.3, 0.4) is 0 Å². The van der Waals surface area contributed by atoms with Crippen LogP contribution in [0.4, 0.5) is 0 Å². The highest BCUT2D eigenvalue weighted by Crippen LogP contribution is 2.10. The summed E-state index contributed by atoms with van der Waals surface area (Å²) in [6.07, 6.45) is 2.94. The molecule has 1 aromatic heterocycles. The number of hydrogen-bond donors (Lipinski definition) is 2. The lowest BCUT2D eigenvalue weighted by Gasteiger charge is -2.17. The molecule has 1 rings (SSSR count). The summed E-state index contributed by atoms with van der Waals surface area (Å²) in [6, 6.07) is 0.683. The van der Waals surface area contributed by atoms with Crippen LogP contribution in [-0.2, 0) is 4.79 Å². The predicted molar refractivity (Wildman–Crippen MR) is 65.7 cm³/mol. The number of carboxylic acids is 1. The number of amides is 1. The van der Waals surface area contributed by atoms with E-state index in [9.17, 15) is 9.59 Å². The monoisotopic (exact) mass is 300 g/mol. The number of nitrogens with zero attached hydrogens (tertiary/aromatic N) is 1. The first-order chi connectivity index (χ1) is 7.91. The van der Waals surface area contributed by atoms with Gasteiger partial charge in [0.15, 0.2) is 0 Å². The van der Waals surface area contributed by atoms with E-state index in [2.05, 4.69) is 26.2 Å². The summed E-state index contributed by atoms with van der Waals surface area (Å²) in [4.78, 5) is 26.6. The van der Waals surface area contributed by atoms with Crippen molar-refractivity contribution in [2.75, 3.05) is 0 Å². The first-order valence-corrected chi connectivity index (χ1v) is 5.85. The van der Waals surface area contributed by atoms with Gasteiger partial charge in [-0.2, -0.15) is 0 Å². The lowest BCUT2D eigenvalue weighted by atomic mass is 10.0. The van der Waals surface area contributed by atoms with Crippen molar-refractivity contribution >= 4 is 27.8 Å². The highest BCUT2D eigenvalue weighted by Gasteiger charge is 2.23. The Bertz CT molecular complexity index is 434. The van der Waals surface area contributed by atoms with Crippen molar-refractivity contribution in [3.63, 3.8) is 0 Å². The topological polar surface area (TPSA) is 79.3 Å². The Labute approximate surface area is 107 Å². The minimum absolute atomic E-state index is 0.184. The average molecular weight is 301 g/mol. The van der Waals surface area contributed by atoms with Crippen LogP contribution >= 0.6 is 15.9 Å². The zero-order valence-corrected chi connectivity index (χ0v) is 11.1. The third-order valence-corrected chi connectivity index (χ3v) is 2.62. The van der Waals surface area contributed by atoms with Gasteiger partial charge in [-0.05, 0) is 27.9 Å². The number of aromatic nitrogens is 1. The van der Waals surface area contributed by atoms with Crippen LogP contribution in [0.5, 0.6) is 0 Å². The largest absolute Gasteiger partial charge is 0.480 e. The van der Waals surface area contributed by atoms with Gasteiger partial charge < -0.3 is 10.4 Å². The Morgan fingerprint density at radius 2 is 2.06 bits per heavy atom. The predicted octanol–water partition coefficient (Wildman–Crippen LogP) is 1.68. The molecule has 17 heavy (non-hydrogen) atoms. The van der Waals surface area contributed by atoms with Gasteiger partial charge in [0.25, 0.3) is 5.91 Å². The van der Waals surface area contributed by atoms with Gasteiger partial charge in [-0.15, -0.1) is 0 Å². The molecule has 1 atom stereocenters. The number of rotatable bonds is 4. The maximum Gasteiger partial charge on any atom is 0.326 e. The van der Waals surface area contributed by atoms with E-state index in [-0.39, 0.29) is 5.92 Å². The van der Waals surface area contributed by atoms with E-state index in [0.717, 1.165) is 0 Å². The maximum absolute atomic E-state index is 11.8. The van der Waals surface area contributed by atoms with Crippen LogP contribution in [0.1, 0.15) is 24.2 Å². The van der Waals surface area contributed by atoms with E-state index in [4.69, 9.17) is 5.11 Å². The fourth-order valence-corrected chi connectivity index (χ4v) is 1.64. The third kappa shape index (κ3) is 3.81. The van der Waals surface area contributed by atoms with Gasteiger partial charge in [0, 0.05) is 16.9 Å². The fraction of sp³-hybridized carbons (Fsp3) is 0.364. The molecule has 0 saturated heterocycles. The normalized spacial score (nSPS) is 12.2. The van der Waals surface area contributed by atoms with Gasteiger partial charge in [0.1, 0.15) is 6.04 Å². The molecule has 2 N–H and O–H groups in total. The third-order valence-electron chi connectivity index (χ3n) is 2.19. The number of carbonyl (C=O) groups is 2. The fourth-order valence-electron chi connectivity index (χ4n) is 1.27. The second-order valence-electron chi connectivity index (χ2n) is 3.93. The maximum atomic E-state index is 11.8. The number of pyridine rings is 1. The van der Waals surface area contributed by atoms with Gasteiger partial charge in [0.05, 0.1) is 5.56 Å². The smallest absolute Gasteiger partial charge is 0.326 e. The van der Waals surface area contributed by atoms with Crippen LogP contribution in [0.2, 0.25) is 0 Å². The molecule has 0 aliphatic rings. The van der Waals surface area contributed by atoms with E-state index < -0.39 is 17.9 Å². The van der Waals surface area contributed by atoms with E-state index >= 15 is 0 Å². The van der Waals surface area contributed by atoms with Crippen LogP contribution in [0, 0.1) is 5.92 Å². The Morgan fingerprint density at radius 3 is 2.53 bits per heavy atom. The van der Waals surface area contributed by atoms with Crippen molar-refractivity contribution in [3.05, 3.63) is 28.5 Å². The molecule has 0 aliphatic heterocycles. The number of halogens is 1. The lowest BCUT2D eigenvalue weighted by molar-refractivity contribution is -0.140. The quantitative estimate of drug-likeness (QED) is 0.887. The number of aliphatic carboxylic acids is 1. The molecule has 5 nitrogen and oxygen atoms in total. The van der Waals surface area contributed by atoms with Gasteiger partial charge in [-0.1, -0.05) is 13.8 Å². The molecule has 1 unspecified atom stereocenters. The summed E-state index contributed by atoms with van der Waals surface area (Å²) in [5.41, 5.74) is 0.325. The van der Waals surface area contributed by atoms with Crippen molar-refractivity contribution in [2.45, 2.75) is 19.9 Å². The van der Waals surface area contributed by atoms with Gasteiger partial charge in [-0.3, -0.25) is 9.78 Å². The van der Waals surface area contributed by atoms with Gasteiger partial charge >= 0.3 is 5.97 Å². The number of carboxylic acid groups (broad SMARTS) is 1. The Hall–Kier alpha value is -1.43. The molecule has 0 spiro atoms. The summed E-state index contributed by atoms with van der Waals surface area (Å²) in [6.45, 7) is 3.47. The molecular weight excluding hydrogens is 288 g/mol. The summed E-state index contributed by atoms with van der Waals surface area (Å²) in [5, 5.41) is 11.4. The van der Waals surface area contributed by atoms with Crippen molar-refractivity contribution in [1.29, 1.82) is 0 Å². The van der Waals surface area contributed by atoms with Gasteiger partial charge in [0.2, 0.25) is 0 Å². The molecule has 1 heterocycles. The van der Waals surface area contributed by atoms with Gasteiger partial charge in [-0.25, -0.2) is 4.79 Å². The highest BCUT2D eigenvalue weighted by atomic mass is 79.9. The van der Waals surface area contributed by atoms with E-state index in [0.29, 0.717) is 10.0 Å². The highest BCUT2D eigenvalue weighted by molar-refractivity contribution is 9.10. The summed E-state index contributed by atoms with van der Waals surface area (Å²) < 4.78 is 0.668. The molecule has 6 heteroatoms. The van der Waals surface area contributed by atoms with Crippen LogP contribution in [-0.4, -0.2) is 28.0 Å². The molecule has 0 bridgehead atoms. The number of hydrogen-bond acceptors (Lipinski definition) is 3. The van der Waals surface area contributed by atoms with Crippen molar-refractivity contribution in [2.24, 2.45) is 5.92 Å². The van der Waals surface area contributed by atoms with Crippen molar-refractivity contribution in [1.82, 2.24) is 10.3 Å². The minimum Gasteiger partial charge on any atom is -0.480 e. The lowest BCUT2D eigenvalue weighted by Crippen LogP contribution is -2.44. The molecule has 0 aromatic carbocycles. The standard InChI is InChI=1S/C11H13BrN2O3/c1-6(2)9(11(16)17)14-10(15)7-3-8(12)5-13-4-7/h3-6,9H,1-2H3,(H,14,15)(H,16,17). The molecule has 0 radical (unpaired) electrons. The summed E-state index contributed by atoms with van der Waals surface area (Å²) in [7, 11) is 0. The zero-order chi connectivity index (χ0) is 13.0. The van der Waals surface area contributed by atoms with Crippen molar-refractivity contribution < 1.29 is 14.7 Å². The average Bonchev–Trinajstić information content (AvgIpc) is 2.24. The van der Waals surface area contributed by atoms with Crippen LogP contribution in [0.25, 0.3) is 0 Å². The number of nitrogens with one attached hydrogen (secondary N) is 1. The zero-order valence-electron chi connectivity index (χ0n) is 9.48. The first-order valence-electron chi connectivity index (χ1n) is 5.06. The van der Waals surface area contributed by atoms with E-state index in [1.807, 2.05) is 0 Å². The summed E-state index contributed by atoms with van der Waals surface area (Å²) >= 11 is 3.20. The van der Waals surface area contributed by atoms with E-state index in [1.165, 1.54) is 6.20 Å². The first kappa shape index (κ1) is 13.6. The summed E-state index contributed by atoms with van der Waals surface area (Å²) in [5.74, 6) is -1.67. The SMILES string of the molecule is CC(C)C(NC(=O)c1cncc(Br)c1)C(=O)O. The molecule has 0 aliphatic carbocycles.